The lowest BCUT2D eigenvalue weighted by molar-refractivity contribution is -0.147. The topological polar surface area (TPSA) is 126 Å². The molecular weight excluding hydrogens is 352 g/mol. The molecule has 0 saturated carbocycles. The molecule has 0 unspecified atom stereocenters. The summed E-state index contributed by atoms with van der Waals surface area (Å²) in [6, 6.07) is 2.17. The number of rotatable bonds is 7. The van der Waals surface area contributed by atoms with Gasteiger partial charge in [-0.25, -0.2) is 4.79 Å². The van der Waals surface area contributed by atoms with E-state index in [0.717, 1.165) is 0 Å². The van der Waals surface area contributed by atoms with Crippen molar-refractivity contribution in [2.45, 2.75) is 13.8 Å². The van der Waals surface area contributed by atoms with Crippen molar-refractivity contribution in [3.63, 3.8) is 0 Å². The Morgan fingerprint density at radius 2 is 1.96 bits per heavy atom. The Hall–Kier alpha value is -2.68. The van der Waals surface area contributed by atoms with Crippen molar-refractivity contribution in [2.24, 2.45) is 5.92 Å². The minimum Gasteiger partial charge on any atom is -0.454 e. The second kappa shape index (κ2) is 10.2. The lowest BCUT2D eigenvalue weighted by Gasteiger charge is -2.09. The average molecular weight is 371 g/mol. The molecule has 136 valence electrons. The highest BCUT2D eigenvalue weighted by molar-refractivity contribution is 6.30. The number of hydrogen-bond acceptors (Lipinski definition) is 6. The zero-order chi connectivity index (χ0) is 18.8. The van der Waals surface area contributed by atoms with Crippen LogP contribution in [0.1, 0.15) is 24.3 Å². The van der Waals surface area contributed by atoms with E-state index in [-0.39, 0.29) is 11.6 Å². The van der Waals surface area contributed by atoms with E-state index in [1.807, 2.05) is 19.2 Å². The van der Waals surface area contributed by atoms with Gasteiger partial charge in [-0.05, 0) is 18.1 Å². The average Bonchev–Trinajstić information content (AvgIpc) is 2.56. The van der Waals surface area contributed by atoms with Gasteiger partial charge in [-0.3, -0.25) is 24.7 Å². The van der Waals surface area contributed by atoms with E-state index in [1.165, 1.54) is 18.3 Å². The minimum absolute atomic E-state index is 0.0415. The molecule has 1 heterocycles. The number of carbonyl (C=O) groups excluding carboxylic acids is 4. The Morgan fingerprint density at radius 3 is 2.60 bits per heavy atom. The first-order chi connectivity index (χ1) is 11.8. The number of amides is 4. The molecule has 3 N–H and O–H groups in total. The number of pyridine rings is 1. The zero-order valence-electron chi connectivity index (χ0n) is 13.8. The van der Waals surface area contributed by atoms with Gasteiger partial charge in [-0.15, -0.1) is 0 Å². The number of urea groups is 1. The fourth-order valence-electron chi connectivity index (χ4n) is 1.47. The number of carbonyl (C=O) groups is 4. The number of esters is 1. The largest absolute Gasteiger partial charge is 0.454 e. The number of aromatic nitrogens is 1. The highest BCUT2D eigenvalue weighted by Crippen LogP contribution is 2.07. The Labute approximate surface area is 149 Å². The molecule has 0 saturated heterocycles. The van der Waals surface area contributed by atoms with Gasteiger partial charge >= 0.3 is 12.0 Å². The van der Waals surface area contributed by atoms with Crippen LogP contribution < -0.4 is 16.0 Å². The first kappa shape index (κ1) is 20.4. The van der Waals surface area contributed by atoms with Crippen LogP contribution in [-0.4, -0.2) is 48.5 Å². The molecule has 0 atom stereocenters. The summed E-state index contributed by atoms with van der Waals surface area (Å²) in [5, 5.41) is 7.09. The second-order valence-electron chi connectivity index (χ2n) is 5.35. The normalized spacial score (nSPS) is 10.1. The molecule has 0 bridgehead atoms. The lowest BCUT2D eigenvalue weighted by Crippen LogP contribution is -2.43. The van der Waals surface area contributed by atoms with Crippen molar-refractivity contribution in [3.8, 4) is 0 Å². The Balaban J connectivity index is 2.27. The van der Waals surface area contributed by atoms with Crippen LogP contribution >= 0.6 is 11.6 Å². The quantitative estimate of drug-likeness (QED) is 0.599. The monoisotopic (exact) mass is 370 g/mol. The molecule has 0 spiro atoms. The van der Waals surface area contributed by atoms with E-state index in [9.17, 15) is 19.2 Å². The molecule has 10 heteroatoms. The molecule has 1 rings (SSSR count). The van der Waals surface area contributed by atoms with Crippen LogP contribution in [0, 0.1) is 5.92 Å². The van der Waals surface area contributed by atoms with Crippen LogP contribution in [0.5, 0.6) is 0 Å². The molecule has 1 aromatic heterocycles. The standard InChI is InChI=1S/C15H19ClN4O5/c1-9(2)6-19-15(24)20-12(21)8-25-13(22)7-18-14(23)11-5-10(16)3-4-17-11/h3-5,9H,6-8H2,1-2H3,(H,18,23)(H2,19,20,21,24). The molecule has 9 nitrogen and oxygen atoms in total. The van der Waals surface area contributed by atoms with E-state index < -0.39 is 37.0 Å². The molecular formula is C15H19ClN4O5. The molecule has 0 aromatic carbocycles. The molecule has 1 aromatic rings. The SMILES string of the molecule is CC(C)CNC(=O)NC(=O)COC(=O)CNC(=O)c1cc(Cl)ccn1. The first-order valence-corrected chi connectivity index (χ1v) is 7.78. The molecule has 0 aliphatic heterocycles. The van der Waals surface area contributed by atoms with Gasteiger partial charge in [-0.2, -0.15) is 0 Å². The van der Waals surface area contributed by atoms with Crippen LogP contribution in [-0.2, 0) is 14.3 Å². The van der Waals surface area contributed by atoms with Gasteiger partial charge in [0, 0.05) is 17.8 Å². The van der Waals surface area contributed by atoms with E-state index in [0.29, 0.717) is 11.6 Å². The maximum Gasteiger partial charge on any atom is 0.325 e. The van der Waals surface area contributed by atoms with Crippen molar-refractivity contribution in [2.75, 3.05) is 19.7 Å². The van der Waals surface area contributed by atoms with Gasteiger partial charge in [0.2, 0.25) is 0 Å². The van der Waals surface area contributed by atoms with Crippen molar-refractivity contribution >= 4 is 35.4 Å². The fourth-order valence-corrected chi connectivity index (χ4v) is 1.63. The summed E-state index contributed by atoms with van der Waals surface area (Å²) in [6.45, 7) is 3.11. The molecule has 0 aliphatic rings. The Bertz CT molecular complexity index is 651. The second-order valence-corrected chi connectivity index (χ2v) is 5.79. The summed E-state index contributed by atoms with van der Waals surface area (Å²) in [5.41, 5.74) is 0.0415. The van der Waals surface area contributed by atoms with E-state index >= 15 is 0 Å². The third-order valence-corrected chi connectivity index (χ3v) is 2.87. The minimum atomic E-state index is -0.840. The number of nitrogens with one attached hydrogen (secondary N) is 3. The number of nitrogens with zero attached hydrogens (tertiary/aromatic N) is 1. The van der Waals surface area contributed by atoms with E-state index in [2.05, 4.69) is 20.4 Å². The molecule has 4 amide bonds. The first-order valence-electron chi connectivity index (χ1n) is 7.41. The predicted octanol–water partition coefficient (Wildman–Crippen LogP) is 0.490. The van der Waals surface area contributed by atoms with Crippen LogP contribution in [0.15, 0.2) is 18.3 Å². The van der Waals surface area contributed by atoms with Gasteiger partial charge < -0.3 is 15.4 Å². The predicted molar refractivity (Wildman–Crippen MR) is 88.9 cm³/mol. The lowest BCUT2D eigenvalue weighted by atomic mass is 10.2. The third kappa shape index (κ3) is 8.66. The summed E-state index contributed by atoms with van der Waals surface area (Å²) in [6.07, 6.45) is 1.35. The number of ether oxygens (including phenoxy) is 1. The van der Waals surface area contributed by atoms with Crippen LogP contribution in [0.25, 0.3) is 0 Å². The van der Waals surface area contributed by atoms with Crippen molar-refractivity contribution in [3.05, 3.63) is 29.0 Å². The number of imide groups is 1. The van der Waals surface area contributed by atoms with Crippen LogP contribution in [0.2, 0.25) is 5.02 Å². The van der Waals surface area contributed by atoms with Gasteiger partial charge in [0.15, 0.2) is 6.61 Å². The maximum absolute atomic E-state index is 11.7. The van der Waals surface area contributed by atoms with Crippen molar-refractivity contribution in [1.29, 1.82) is 0 Å². The van der Waals surface area contributed by atoms with Gasteiger partial charge in [-0.1, -0.05) is 25.4 Å². The number of hydrogen-bond donors (Lipinski definition) is 3. The highest BCUT2D eigenvalue weighted by Gasteiger charge is 2.13. The zero-order valence-corrected chi connectivity index (χ0v) is 14.6. The van der Waals surface area contributed by atoms with Crippen LogP contribution in [0.4, 0.5) is 4.79 Å². The fraction of sp³-hybridized carbons (Fsp3) is 0.400. The van der Waals surface area contributed by atoms with Gasteiger partial charge in [0.25, 0.3) is 11.8 Å². The molecule has 0 radical (unpaired) electrons. The summed E-state index contributed by atoms with van der Waals surface area (Å²) in [7, 11) is 0. The third-order valence-electron chi connectivity index (χ3n) is 2.64. The molecule has 0 aliphatic carbocycles. The maximum atomic E-state index is 11.7. The Kier molecular flexibility index (Phi) is 8.34. The number of halogens is 1. The Morgan fingerprint density at radius 1 is 1.24 bits per heavy atom. The summed E-state index contributed by atoms with van der Waals surface area (Å²) in [5.74, 6) is -2.00. The molecule has 0 fully saturated rings. The summed E-state index contributed by atoms with van der Waals surface area (Å²) in [4.78, 5) is 49.8. The highest BCUT2D eigenvalue weighted by atomic mass is 35.5. The van der Waals surface area contributed by atoms with Gasteiger partial charge in [0.1, 0.15) is 12.2 Å². The summed E-state index contributed by atoms with van der Waals surface area (Å²) >= 11 is 5.73. The van der Waals surface area contributed by atoms with Crippen molar-refractivity contribution in [1.82, 2.24) is 20.9 Å². The molecule has 25 heavy (non-hydrogen) atoms. The van der Waals surface area contributed by atoms with E-state index in [1.54, 1.807) is 0 Å². The van der Waals surface area contributed by atoms with Crippen LogP contribution in [0.3, 0.4) is 0 Å². The van der Waals surface area contributed by atoms with E-state index in [4.69, 9.17) is 11.6 Å². The summed E-state index contributed by atoms with van der Waals surface area (Å²) < 4.78 is 4.65. The smallest absolute Gasteiger partial charge is 0.325 e. The van der Waals surface area contributed by atoms with Gasteiger partial charge in [0.05, 0.1) is 0 Å². The van der Waals surface area contributed by atoms with Crippen molar-refractivity contribution < 1.29 is 23.9 Å².